The molecule has 0 radical (unpaired) electrons. The van der Waals surface area contributed by atoms with Crippen LogP contribution >= 0.6 is 12.4 Å². The number of nitrogens with zero attached hydrogens (tertiary/aromatic N) is 3. The zero-order valence-electron chi connectivity index (χ0n) is 15.2. The Morgan fingerprint density at radius 2 is 1.77 bits per heavy atom. The first-order chi connectivity index (χ1) is 12.3. The SMILES string of the molecule is CC(=Cc1ccccc1)C1C[C@@H]1NC1CCN(c2ncccn2)CC1.Cl. The van der Waals surface area contributed by atoms with Crippen LogP contribution < -0.4 is 10.2 Å². The van der Waals surface area contributed by atoms with E-state index in [2.05, 4.69) is 63.5 Å². The molecule has 1 saturated heterocycles. The molecule has 1 aliphatic heterocycles. The predicted molar refractivity (Wildman–Crippen MR) is 110 cm³/mol. The second kappa shape index (κ2) is 8.65. The lowest BCUT2D eigenvalue weighted by Gasteiger charge is -2.32. The van der Waals surface area contributed by atoms with Crippen molar-refractivity contribution in [1.29, 1.82) is 0 Å². The molecule has 1 unspecified atom stereocenters. The highest BCUT2D eigenvalue weighted by Gasteiger charge is 2.39. The third-order valence-electron chi connectivity index (χ3n) is 5.35. The summed E-state index contributed by atoms with van der Waals surface area (Å²) >= 11 is 0. The summed E-state index contributed by atoms with van der Waals surface area (Å²) in [4.78, 5) is 11.0. The summed E-state index contributed by atoms with van der Waals surface area (Å²) in [5.41, 5.74) is 2.81. The molecular formula is C21H27ClN4. The van der Waals surface area contributed by atoms with Crippen LogP contribution in [0.4, 0.5) is 5.95 Å². The number of halogens is 1. The van der Waals surface area contributed by atoms with Gasteiger partial charge in [-0.2, -0.15) is 0 Å². The highest BCUT2D eigenvalue weighted by molar-refractivity contribution is 5.85. The number of piperidine rings is 1. The Labute approximate surface area is 162 Å². The molecule has 2 aromatic rings. The molecule has 26 heavy (non-hydrogen) atoms. The molecular weight excluding hydrogens is 344 g/mol. The fraction of sp³-hybridized carbons (Fsp3) is 0.429. The number of benzene rings is 1. The number of nitrogens with one attached hydrogen (secondary N) is 1. The van der Waals surface area contributed by atoms with Crippen molar-refractivity contribution in [3.05, 3.63) is 59.9 Å². The van der Waals surface area contributed by atoms with Gasteiger partial charge in [0.15, 0.2) is 0 Å². The van der Waals surface area contributed by atoms with E-state index in [0.29, 0.717) is 18.0 Å². The third kappa shape index (κ3) is 4.63. The maximum Gasteiger partial charge on any atom is 0.225 e. The molecule has 1 aliphatic carbocycles. The first-order valence-corrected chi connectivity index (χ1v) is 9.31. The Morgan fingerprint density at radius 1 is 1.08 bits per heavy atom. The van der Waals surface area contributed by atoms with Gasteiger partial charge >= 0.3 is 0 Å². The van der Waals surface area contributed by atoms with Gasteiger partial charge in [0.05, 0.1) is 0 Å². The minimum absolute atomic E-state index is 0. The highest BCUT2D eigenvalue weighted by Crippen LogP contribution is 2.38. The minimum Gasteiger partial charge on any atom is -0.341 e. The molecule has 1 aromatic heterocycles. The van der Waals surface area contributed by atoms with Crippen molar-refractivity contribution in [3.63, 3.8) is 0 Å². The first-order valence-electron chi connectivity index (χ1n) is 9.31. The van der Waals surface area contributed by atoms with Gasteiger partial charge < -0.3 is 10.2 Å². The highest BCUT2D eigenvalue weighted by atomic mass is 35.5. The van der Waals surface area contributed by atoms with E-state index in [1.54, 1.807) is 0 Å². The van der Waals surface area contributed by atoms with Gasteiger partial charge in [-0.15, -0.1) is 12.4 Å². The summed E-state index contributed by atoms with van der Waals surface area (Å²) in [5.74, 6) is 1.57. The molecule has 138 valence electrons. The summed E-state index contributed by atoms with van der Waals surface area (Å²) in [7, 11) is 0. The van der Waals surface area contributed by atoms with Gasteiger partial charge in [-0.3, -0.25) is 0 Å². The average Bonchev–Trinajstić information content (AvgIpc) is 3.43. The number of anilines is 1. The van der Waals surface area contributed by atoms with E-state index in [9.17, 15) is 0 Å². The van der Waals surface area contributed by atoms with Gasteiger partial charge in [0, 0.05) is 37.6 Å². The quantitative estimate of drug-likeness (QED) is 0.865. The molecule has 4 rings (SSSR count). The molecule has 2 heterocycles. The monoisotopic (exact) mass is 370 g/mol. The summed E-state index contributed by atoms with van der Waals surface area (Å²) in [5, 5.41) is 3.87. The van der Waals surface area contributed by atoms with E-state index in [0.717, 1.165) is 19.0 Å². The van der Waals surface area contributed by atoms with Crippen molar-refractivity contribution in [2.24, 2.45) is 5.92 Å². The van der Waals surface area contributed by atoms with E-state index in [1.807, 2.05) is 18.5 Å². The van der Waals surface area contributed by atoms with E-state index in [1.165, 1.54) is 30.4 Å². The molecule has 2 fully saturated rings. The van der Waals surface area contributed by atoms with E-state index in [-0.39, 0.29) is 12.4 Å². The zero-order chi connectivity index (χ0) is 17.1. The van der Waals surface area contributed by atoms with Crippen LogP contribution in [0.1, 0.15) is 31.7 Å². The molecule has 4 nitrogen and oxygen atoms in total. The molecule has 0 amide bonds. The number of aromatic nitrogens is 2. The summed E-state index contributed by atoms with van der Waals surface area (Å²) in [6.45, 7) is 4.35. The number of hydrogen-bond donors (Lipinski definition) is 1. The van der Waals surface area contributed by atoms with Gasteiger partial charge in [-0.1, -0.05) is 42.0 Å². The topological polar surface area (TPSA) is 41.0 Å². The normalized spacial score (nSPS) is 23.4. The van der Waals surface area contributed by atoms with Crippen LogP contribution in [-0.4, -0.2) is 35.1 Å². The van der Waals surface area contributed by atoms with Crippen molar-refractivity contribution in [2.45, 2.75) is 38.3 Å². The number of rotatable bonds is 5. The van der Waals surface area contributed by atoms with Gasteiger partial charge in [-0.05, 0) is 43.7 Å². The van der Waals surface area contributed by atoms with Crippen LogP contribution in [0.3, 0.4) is 0 Å². The zero-order valence-corrected chi connectivity index (χ0v) is 16.0. The predicted octanol–water partition coefficient (Wildman–Crippen LogP) is 3.95. The lowest BCUT2D eigenvalue weighted by Crippen LogP contribution is -2.44. The lowest BCUT2D eigenvalue weighted by molar-refractivity contribution is 0.405. The maximum atomic E-state index is 4.36. The van der Waals surface area contributed by atoms with Crippen LogP contribution in [0.25, 0.3) is 6.08 Å². The first kappa shape index (κ1) is 18.9. The second-order valence-corrected chi connectivity index (χ2v) is 7.22. The van der Waals surface area contributed by atoms with Crippen molar-refractivity contribution in [3.8, 4) is 0 Å². The fourth-order valence-corrected chi connectivity index (χ4v) is 3.81. The van der Waals surface area contributed by atoms with Gasteiger partial charge in [0.1, 0.15) is 0 Å². The smallest absolute Gasteiger partial charge is 0.225 e. The van der Waals surface area contributed by atoms with Gasteiger partial charge in [0.25, 0.3) is 0 Å². The molecule has 2 aliphatic rings. The van der Waals surface area contributed by atoms with Crippen LogP contribution in [0, 0.1) is 5.92 Å². The minimum atomic E-state index is 0. The molecule has 2 atom stereocenters. The summed E-state index contributed by atoms with van der Waals surface area (Å²) in [6.07, 6.45) is 9.59. The van der Waals surface area contributed by atoms with E-state index in [4.69, 9.17) is 0 Å². The van der Waals surface area contributed by atoms with Gasteiger partial charge in [-0.25, -0.2) is 9.97 Å². The van der Waals surface area contributed by atoms with Crippen molar-refractivity contribution in [1.82, 2.24) is 15.3 Å². The van der Waals surface area contributed by atoms with E-state index >= 15 is 0 Å². The summed E-state index contributed by atoms with van der Waals surface area (Å²) in [6, 6.07) is 13.8. The number of hydrogen-bond acceptors (Lipinski definition) is 4. The molecule has 0 bridgehead atoms. The maximum absolute atomic E-state index is 4.36. The fourth-order valence-electron chi connectivity index (χ4n) is 3.81. The third-order valence-corrected chi connectivity index (χ3v) is 5.35. The second-order valence-electron chi connectivity index (χ2n) is 7.22. The Bertz CT molecular complexity index is 711. The Balaban J connectivity index is 0.00000196. The molecule has 5 heteroatoms. The molecule has 1 aromatic carbocycles. The van der Waals surface area contributed by atoms with Crippen LogP contribution in [0.2, 0.25) is 0 Å². The molecule has 1 saturated carbocycles. The van der Waals surface area contributed by atoms with Crippen LogP contribution in [-0.2, 0) is 0 Å². The Kier molecular flexibility index (Phi) is 6.28. The Hall–Kier alpha value is -1.91. The van der Waals surface area contributed by atoms with Crippen LogP contribution in [0.15, 0.2) is 54.4 Å². The largest absolute Gasteiger partial charge is 0.341 e. The average molecular weight is 371 g/mol. The van der Waals surface area contributed by atoms with Gasteiger partial charge in [0.2, 0.25) is 5.95 Å². The van der Waals surface area contributed by atoms with Crippen molar-refractivity contribution >= 4 is 24.4 Å². The lowest BCUT2D eigenvalue weighted by atomic mass is 10.0. The summed E-state index contributed by atoms with van der Waals surface area (Å²) < 4.78 is 0. The molecule has 1 N–H and O–H groups in total. The van der Waals surface area contributed by atoms with E-state index < -0.39 is 0 Å². The Morgan fingerprint density at radius 3 is 2.46 bits per heavy atom. The standard InChI is InChI=1S/C21H26N4.ClH/c1-16(14-17-6-3-2-4-7-17)19-15-20(19)24-18-8-12-25(13-9-18)21-22-10-5-11-23-21;/h2-7,10-11,14,18-20,24H,8-9,12-13,15H2,1H3;1H/t19?,20-;/m0./s1. The van der Waals surface area contributed by atoms with Crippen LogP contribution in [0.5, 0.6) is 0 Å². The van der Waals surface area contributed by atoms with Crippen molar-refractivity contribution in [2.75, 3.05) is 18.0 Å². The molecule has 0 spiro atoms. The van der Waals surface area contributed by atoms with Crippen molar-refractivity contribution < 1.29 is 0 Å².